The zero-order chi connectivity index (χ0) is 14.9. The predicted octanol–water partition coefficient (Wildman–Crippen LogP) is 0.0608. The first-order valence-corrected chi connectivity index (χ1v) is 6.96. The van der Waals surface area contributed by atoms with E-state index in [1.54, 1.807) is 12.1 Å². The van der Waals surface area contributed by atoms with Gasteiger partial charge in [-0.2, -0.15) is 5.10 Å². The van der Waals surface area contributed by atoms with Crippen LogP contribution in [-0.4, -0.2) is 36.3 Å². The average molecular weight is 296 g/mol. The predicted molar refractivity (Wildman–Crippen MR) is 71.2 cm³/mol. The lowest BCUT2D eigenvalue weighted by molar-refractivity contribution is 0.0691. The lowest BCUT2D eigenvalue weighted by atomic mass is 10.3. The van der Waals surface area contributed by atoms with E-state index in [9.17, 15) is 13.2 Å². The summed E-state index contributed by atoms with van der Waals surface area (Å²) in [6.45, 7) is 0. The molecule has 2 rings (SSSR count). The number of para-hydroxylation sites is 1. The maximum absolute atomic E-state index is 11.9. The second-order valence-corrected chi connectivity index (χ2v) is 5.71. The third kappa shape index (κ3) is 2.36. The second-order valence-electron chi connectivity index (χ2n) is 3.86. The van der Waals surface area contributed by atoms with Gasteiger partial charge in [-0.1, -0.05) is 12.1 Å². The highest BCUT2D eigenvalue weighted by Gasteiger charge is 2.20. The van der Waals surface area contributed by atoms with Crippen LogP contribution in [0.15, 0.2) is 35.4 Å². The number of rotatable bonds is 4. The Morgan fingerprint density at radius 3 is 2.60 bits per heavy atom. The van der Waals surface area contributed by atoms with Crippen LogP contribution >= 0.6 is 0 Å². The standard InChI is InChI=1S/C11H12N4O4S/c1-13-20(18,19)9-5-3-2-4-8(9)15-6-7(12)10(14-15)11(16)17/h2-6,13H,12H2,1H3,(H,16,17). The van der Waals surface area contributed by atoms with Crippen molar-refractivity contribution in [3.05, 3.63) is 36.2 Å². The van der Waals surface area contributed by atoms with Gasteiger partial charge < -0.3 is 10.8 Å². The summed E-state index contributed by atoms with van der Waals surface area (Å²) >= 11 is 0. The van der Waals surface area contributed by atoms with Crippen molar-refractivity contribution in [1.82, 2.24) is 14.5 Å². The molecule has 0 saturated carbocycles. The molecule has 0 radical (unpaired) electrons. The molecule has 0 amide bonds. The van der Waals surface area contributed by atoms with Crippen molar-refractivity contribution in [1.29, 1.82) is 0 Å². The van der Waals surface area contributed by atoms with Crippen LogP contribution in [0.2, 0.25) is 0 Å². The summed E-state index contributed by atoms with van der Waals surface area (Å²) in [5.74, 6) is -1.28. The van der Waals surface area contributed by atoms with E-state index in [2.05, 4.69) is 9.82 Å². The molecular formula is C11H12N4O4S. The Bertz CT molecular complexity index is 766. The summed E-state index contributed by atoms with van der Waals surface area (Å²) < 4.78 is 27.2. The highest BCUT2D eigenvalue weighted by molar-refractivity contribution is 7.89. The Hall–Kier alpha value is -2.39. The largest absolute Gasteiger partial charge is 0.476 e. The number of aromatic nitrogens is 2. The maximum Gasteiger partial charge on any atom is 0.358 e. The van der Waals surface area contributed by atoms with Crippen molar-refractivity contribution in [3.8, 4) is 5.69 Å². The summed E-state index contributed by atoms with van der Waals surface area (Å²) in [6, 6.07) is 6.06. The monoisotopic (exact) mass is 296 g/mol. The first-order chi connectivity index (χ1) is 9.36. The first kappa shape index (κ1) is 14.0. The van der Waals surface area contributed by atoms with Crippen molar-refractivity contribution in [2.45, 2.75) is 4.90 Å². The van der Waals surface area contributed by atoms with Crippen molar-refractivity contribution in [2.24, 2.45) is 0 Å². The molecule has 9 heteroatoms. The first-order valence-electron chi connectivity index (χ1n) is 5.48. The van der Waals surface area contributed by atoms with Crippen molar-refractivity contribution in [2.75, 3.05) is 12.8 Å². The SMILES string of the molecule is CNS(=O)(=O)c1ccccc1-n1cc(N)c(C(=O)O)n1. The molecule has 0 bridgehead atoms. The van der Waals surface area contributed by atoms with Gasteiger partial charge in [-0.3, -0.25) is 0 Å². The van der Waals surface area contributed by atoms with Crippen molar-refractivity contribution in [3.63, 3.8) is 0 Å². The number of carboxylic acid groups (broad SMARTS) is 1. The molecule has 1 heterocycles. The van der Waals surface area contributed by atoms with Crippen LogP contribution in [0.3, 0.4) is 0 Å². The molecule has 0 saturated heterocycles. The topological polar surface area (TPSA) is 127 Å². The fourth-order valence-electron chi connectivity index (χ4n) is 1.66. The van der Waals surface area contributed by atoms with Crippen molar-refractivity contribution >= 4 is 21.7 Å². The van der Waals surface area contributed by atoms with Crippen LogP contribution in [0, 0.1) is 0 Å². The number of hydrogen-bond acceptors (Lipinski definition) is 5. The molecule has 0 aliphatic heterocycles. The molecule has 0 aliphatic rings. The Labute approximate surface area is 114 Å². The summed E-state index contributed by atoms with van der Waals surface area (Å²) in [5, 5.41) is 12.7. The normalized spacial score (nSPS) is 11.4. The van der Waals surface area contributed by atoms with E-state index in [-0.39, 0.29) is 22.0 Å². The van der Waals surface area contributed by atoms with E-state index in [1.807, 2.05) is 0 Å². The minimum atomic E-state index is -3.70. The third-order valence-electron chi connectivity index (χ3n) is 2.62. The maximum atomic E-state index is 11.9. The summed E-state index contributed by atoms with van der Waals surface area (Å²) in [4.78, 5) is 10.9. The molecule has 2 aromatic rings. The molecule has 4 N–H and O–H groups in total. The zero-order valence-electron chi connectivity index (χ0n) is 10.4. The van der Waals surface area contributed by atoms with Crippen LogP contribution in [0.25, 0.3) is 5.69 Å². The quantitative estimate of drug-likeness (QED) is 0.732. The number of anilines is 1. The van der Waals surface area contributed by atoms with E-state index in [1.165, 1.54) is 25.4 Å². The molecule has 0 atom stereocenters. The van der Waals surface area contributed by atoms with Crippen LogP contribution in [0.5, 0.6) is 0 Å². The number of nitrogens with one attached hydrogen (secondary N) is 1. The van der Waals surface area contributed by atoms with E-state index in [0.717, 1.165) is 4.68 Å². The smallest absolute Gasteiger partial charge is 0.358 e. The van der Waals surface area contributed by atoms with Gasteiger partial charge in [0.1, 0.15) is 4.90 Å². The van der Waals surface area contributed by atoms with Gasteiger partial charge in [-0.05, 0) is 19.2 Å². The minimum absolute atomic E-state index is 0.0260. The zero-order valence-corrected chi connectivity index (χ0v) is 11.3. The number of aromatic carboxylic acids is 1. The van der Waals surface area contributed by atoms with E-state index < -0.39 is 16.0 Å². The molecule has 0 unspecified atom stereocenters. The molecular weight excluding hydrogens is 284 g/mol. The molecule has 0 fully saturated rings. The summed E-state index contributed by atoms with van der Waals surface area (Å²) in [7, 11) is -2.42. The number of carbonyl (C=O) groups is 1. The van der Waals surface area contributed by atoms with Gasteiger partial charge >= 0.3 is 5.97 Å². The van der Waals surface area contributed by atoms with Gasteiger partial charge in [-0.15, -0.1) is 0 Å². The number of benzene rings is 1. The van der Waals surface area contributed by atoms with Gasteiger partial charge in [0.05, 0.1) is 17.6 Å². The number of carboxylic acids is 1. The number of hydrogen-bond donors (Lipinski definition) is 3. The Morgan fingerprint density at radius 1 is 1.40 bits per heavy atom. The fourth-order valence-corrected chi connectivity index (χ4v) is 2.58. The average Bonchev–Trinajstić information content (AvgIpc) is 2.81. The number of sulfonamides is 1. The molecule has 106 valence electrons. The van der Waals surface area contributed by atoms with E-state index >= 15 is 0 Å². The van der Waals surface area contributed by atoms with Gasteiger partial charge in [0, 0.05) is 0 Å². The molecule has 0 aliphatic carbocycles. The highest BCUT2D eigenvalue weighted by atomic mass is 32.2. The Balaban J connectivity index is 2.66. The number of nitrogen functional groups attached to an aromatic ring is 1. The van der Waals surface area contributed by atoms with Crippen LogP contribution in [0.1, 0.15) is 10.5 Å². The lowest BCUT2D eigenvalue weighted by Gasteiger charge is -2.09. The number of nitrogens with zero attached hydrogens (tertiary/aromatic N) is 2. The van der Waals surface area contributed by atoms with Crippen molar-refractivity contribution < 1.29 is 18.3 Å². The highest BCUT2D eigenvalue weighted by Crippen LogP contribution is 2.21. The van der Waals surface area contributed by atoms with Gasteiger partial charge in [0.15, 0.2) is 5.69 Å². The van der Waals surface area contributed by atoms with Gasteiger partial charge in [-0.25, -0.2) is 22.6 Å². The second kappa shape index (κ2) is 4.94. The number of nitrogens with two attached hydrogens (primary N) is 1. The summed E-state index contributed by atoms with van der Waals surface area (Å²) in [6.07, 6.45) is 1.26. The molecule has 1 aromatic heterocycles. The molecule has 8 nitrogen and oxygen atoms in total. The van der Waals surface area contributed by atoms with E-state index in [0.29, 0.717) is 0 Å². The van der Waals surface area contributed by atoms with Crippen LogP contribution < -0.4 is 10.5 Å². The Kier molecular flexibility index (Phi) is 3.47. The van der Waals surface area contributed by atoms with E-state index in [4.69, 9.17) is 10.8 Å². The summed E-state index contributed by atoms with van der Waals surface area (Å²) in [5.41, 5.74) is 5.37. The minimum Gasteiger partial charge on any atom is -0.476 e. The molecule has 1 aromatic carbocycles. The van der Waals surface area contributed by atoms with Crippen LogP contribution in [0.4, 0.5) is 5.69 Å². The fraction of sp³-hybridized carbons (Fsp3) is 0.0909. The lowest BCUT2D eigenvalue weighted by Crippen LogP contribution is -2.20. The van der Waals surface area contributed by atoms with Crippen LogP contribution in [-0.2, 0) is 10.0 Å². The third-order valence-corrected chi connectivity index (χ3v) is 4.08. The van der Waals surface area contributed by atoms with Gasteiger partial charge in [0.25, 0.3) is 0 Å². The molecule has 0 spiro atoms. The molecule has 20 heavy (non-hydrogen) atoms. The Morgan fingerprint density at radius 2 is 2.05 bits per heavy atom. The van der Waals surface area contributed by atoms with Gasteiger partial charge in [0.2, 0.25) is 10.0 Å².